The minimum Gasteiger partial charge on any atom is -0.358 e. The Labute approximate surface area is 92.9 Å². The van der Waals surface area contributed by atoms with Crippen molar-refractivity contribution in [1.82, 2.24) is 0 Å². The Kier molecular flexibility index (Phi) is 3.72. The lowest BCUT2D eigenvalue weighted by molar-refractivity contribution is -0.124. The molecule has 2 heteroatoms. The Bertz CT molecular complexity index is 276. The van der Waals surface area contributed by atoms with E-state index in [0.29, 0.717) is 0 Å². The molecule has 0 unspecified atom stereocenters. The highest BCUT2D eigenvalue weighted by Gasteiger charge is 2.46. The average Bonchev–Trinajstić information content (AvgIpc) is 2.71. The van der Waals surface area contributed by atoms with Crippen molar-refractivity contribution in [3.63, 3.8) is 0 Å². The van der Waals surface area contributed by atoms with Crippen LogP contribution in [-0.2, 0) is 4.79 Å². The first kappa shape index (κ1) is 12.4. The van der Waals surface area contributed by atoms with Crippen LogP contribution in [0.25, 0.3) is 0 Å². The standard InChI is InChI=1S/C12H19NO.CH3/c1-12(6-7-12)11(14)10(13)8-9-4-2-3-5-9;/h4,10H,2-3,5-8,13H2,1H3;1H3/q;-1/t10-;/m0./s1. The van der Waals surface area contributed by atoms with Crippen LogP contribution in [0.15, 0.2) is 11.6 Å². The molecule has 0 aromatic rings. The number of carbonyl (C=O) groups excluding carboxylic acids is 1. The Hall–Kier alpha value is -0.630. The fourth-order valence-corrected chi connectivity index (χ4v) is 2.18. The first-order valence-corrected chi connectivity index (χ1v) is 5.60. The third-order valence-corrected chi connectivity index (χ3v) is 3.55. The van der Waals surface area contributed by atoms with E-state index in [9.17, 15) is 4.79 Å². The largest absolute Gasteiger partial charge is 0.358 e. The summed E-state index contributed by atoms with van der Waals surface area (Å²) in [5, 5.41) is 0. The SMILES string of the molecule is CC1(C(=O)[C@@H](N)CC2=CCCC2)CC1.[CH3-]. The highest BCUT2D eigenvalue weighted by Crippen LogP contribution is 2.46. The van der Waals surface area contributed by atoms with Crippen molar-refractivity contribution in [2.24, 2.45) is 11.1 Å². The van der Waals surface area contributed by atoms with Gasteiger partial charge in [0.1, 0.15) is 0 Å². The van der Waals surface area contributed by atoms with Gasteiger partial charge in [0.05, 0.1) is 6.04 Å². The molecule has 2 N–H and O–H groups in total. The summed E-state index contributed by atoms with van der Waals surface area (Å²) >= 11 is 0. The molecule has 1 saturated carbocycles. The number of nitrogens with two attached hydrogens (primary N) is 1. The van der Waals surface area contributed by atoms with E-state index in [1.54, 1.807) is 0 Å². The molecule has 0 amide bonds. The van der Waals surface area contributed by atoms with Crippen LogP contribution >= 0.6 is 0 Å². The maximum absolute atomic E-state index is 11.9. The first-order chi connectivity index (χ1) is 6.62. The molecule has 2 rings (SSSR count). The second-order valence-corrected chi connectivity index (χ2v) is 4.99. The summed E-state index contributed by atoms with van der Waals surface area (Å²) < 4.78 is 0. The molecule has 2 nitrogen and oxygen atoms in total. The minimum absolute atomic E-state index is 0. The molecule has 0 aromatic carbocycles. The van der Waals surface area contributed by atoms with Gasteiger partial charge in [-0.05, 0) is 38.5 Å². The molecule has 2 aliphatic carbocycles. The van der Waals surface area contributed by atoms with Crippen molar-refractivity contribution in [3.8, 4) is 0 Å². The third kappa shape index (κ3) is 2.69. The lowest BCUT2D eigenvalue weighted by Gasteiger charge is -2.15. The number of allylic oxidation sites excluding steroid dienone is 1. The summed E-state index contributed by atoms with van der Waals surface area (Å²) in [4.78, 5) is 11.9. The summed E-state index contributed by atoms with van der Waals surface area (Å²) in [7, 11) is 0. The molecule has 1 atom stereocenters. The molecule has 2 aliphatic rings. The lowest BCUT2D eigenvalue weighted by atomic mass is 9.93. The van der Waals surface area contributed by atoms with Gasteiger partial charge in [0.2, 0.25) is 0 Å². The molecule has 0 heterocycles. The number of hydrogen-bond acceptors (Lipinski definition) is 2. The van der Waals surface area contributed by atoms with E-state index in [4.69, 9.17) is 5.73 Å². The summed E-state index contributed by atoms with van der Waals surface area (Å²) in [6, 6.07) is -0.244. The molecule has 86 valence electrons. The Balaban J connectivity index is 0.00000112. The van der Waals surface area contributed by atoms with Crippen molar-refractivity contribution in [1.29, 1.82) is 0 Å². The van der Waals surface area contributed by atoms with Gasteiger partial charge < -0.3 is 13.2 Å². The zero-order chi connectivity index (χ0) is 10.2. The number of carbonyl (C=O) groups is 1. The average molecular weight is 208 g/mol. The van der Waals surface area contributed by atoms with E-state index < -0.39 is 0 Å². The molecular weight excluding hydrogens is 186 g/mol. The van der Waals surface area contributed by atoms with Crippen LogP contribution in [0.5, 0.6) is 0 Å². The molecule has 0 saturated heterocycles. The maximum Gasteiger partial charge on any atom is 0.155 e. The van der Waals surface area contributed by atoms with E-state index in [0.717, 1.165) is 25.7 Å². The van der Waals surface area contributed by atoms with Crippen molar-refractivity contribution < 1.29 is 4.79 Å². The second kappa shape index (κ2) is 4.48. The molecule has 0 spiro atoms. The highest BCUT2D eigenvalue weighted by atomic mass is 16.1. The van der Waals surface area contributed by atoms with Crippen LogP contribution < -0.4 is 5.73 Å². The van der Waals surface area contributed by atoms with Crippen molar-refractivity contribution in [3.05, 3.63) is 19.1 Å². The highest BCUT2D eigenvalue weighted by molar-refractivity contribution is 5.91. The molecule has 0 aliphatic heterocycles. The van der Waals surface area contributed by atoms with Gasteiger partial charge in [-0.2, -0.15) is 0 Å². The summed E-state index contributed by atoms with van der Waals surface area (Å²) in [5.41, 5.74) is 7.27. The number of rotatable bonds is 4. The predicted molar refractivity (Wildman–Crippen MR) is 63.3 cm³/mol. The zero-order valence-corrected chi connectivity index (χ0v) is 9.88. The maximum atomic E-state index is 11.9. The fourth-order valence-electron chi connectivity index (χ4n) is 2.18. The smallest absolute Gasteiger partial charge is 0.155 e. The van der Waals surface area contributed by atoms with Gasteiger partial charge in [-0.25, -0.2) is 0 Å². The van der Waals surface area contributed by atoms with E-state index in [2.05, 4.69) is 6.08 Å². The van der Waals surface area contributed by atoms with Gasteiger partial charge in [0.25, 0.3) is 0 Å². The zero-order valence-electron chi connectivity index (χ0n) is 9.88. The van der Waals surface area contributed by atoms with Crippen LogP contribution in [0.1, 0.15) is 45.4 Å². The molecule has 0 bridgehead atoms. The number of ketones is 1. The van der Waals surface area contributed by atoms with Crippen LogP contribution in [-0.4, -0.2) is 11.8 Å². The topological polar surface area (TPSA) is 43.1 Å². The third-order valence-electron chi connectivity index (χ3n) is 3.55. The van der Waals surface area contributed by atoms with Gasteiger partial charge in [-0.1, -0.05) is 18.6 Å². The van der Waals surface area contributed by atoms with Crippen LogP contribution in [0.3, 0.4) is 0 Å². The van der Waals surface area contributed by atoms with Gasteiger partial charge in [-0.15, -0.1) is 0 Å². The molecule has 1 fully saturated rings. The van der Waals surface area contributed by atoms with Crippen LogP contribution in [0, 0.1) is 12.8 Å². The summed E-state index contributed by atoms with van der Waals surface area (Å²) in [6.45, 7) is 2.04. The van der Waals surface area contributed by atoms with E-state index in [1.165, 1.54) is 18.4 Å². The summed E-state index contributed by atoms with van der Waals surface area (Å²) in [5.74, 6) is 0.283. The van der Waals surface area contributed by atoms with Crippen molar-refractivity contribution >= 4 is 5.78 Å². The first-order valence-electron chi connectivity index (χ1n) is 5.60. The quantitative estimate of drug-likeness (QED) is 0.570. The molecule has 15 heavy (non-hydrogen) atoms. The monoisotopic (exact) mass is 208 g/mol. The fraction of sp³-hybridized carbons (Fsp3) is 0.692. The van der Waals surface area contributed by atoms with E-state index in [1.807, 2.05) is 6.92 Å². The number of hydrogen-bond donors (Lipinski definition) is 1. The van der Waals surface area contributed by atoms with Crippen LogP contribution in [0.2, 0.25) is 0 Å². The molecule has 0 radical (unpaired) electrons. The summed E-state index contributed by atoms with van der Waals surface area (Å²) in [6.07, 6.45) is 8.70. The van der Waals surface area contributed by atoms with E-state index >= 15 is 0 Å². The normalized spacial score (nSPS) is 24.0. The Morgan fingerprint density at radius 1 is 1.60 bits per heavy atom. The predicted octanol–water partition coefficient (Wildman–Crippen LogP) is 2.63. The Morgan fingerprint density at radius 3 is 2.73 bits per heavy atom. The van der Waals surface area contributed by atoms with Gasteiger partial charge in [0, 0.05) is 5.41 Å². The Morgan fingerprint density at radius 2 is 2.27 bits per heavy atom. The van der Waals surface area contributed by atoms with Crippen molar-refractivity contribution in [2.75, 3.05) is 0 Å². The minimum atomic E-state index is -0.244. The van der Waals surface area contributed by atoms with E-state index in [-0.39, 0.29) is 24.7 Å². The van der Waals surface area contributed by atoms with Gasteiger partial charge >= 0.3 is 0 Å². The second-order valence-electron chi connectivity index (χ2n) is 4.99. The van der Waals surface area contributed by atoms with Crippen LogP contribution in [0.4, 0.5) is 0 Å². The lowest BCUT2D eigenvalue weighted by Crippen LogP contribution is -2.35. The van der Waals surface area contributed by atoms with Gasteiger partial charge in [0.15, 0.2) is 5.78 Å². The van der Waals surface area contributed by atoms with Crippen molar-refractivity contribution in [2.45, 2.75) is 51.5 Å². The number of Topliss-reactive ketones (excluding diaryl/α,β-unsaturated/α-hetero) is 1. The molecular formula is C13H22NO-. The molecule has 0 aromatic heterocycles. The van der Waals surface area contributed by atoms with Gasteiger partial charge in [-0.3, -0.25) is 4.79 Å².